The Morgan fingerprint density at radius 1 is 1.03 bits per heavy atom. The van der Waals surface area contributed by atoms with Gasteiger partial charge in [-0.2, -0.15) is 13.2 Å². The quantitative estimate of drug-likeness (QED) is 0.659. The molecule has 0 aromatic heterocycles. The molecule has 1 heterocycles. The second-order valence-electron chi connectivity index (χ2n) is 6.66. The highest BCUT2D eigenvalue weighted by atomic mass is 35.5. The number of anilines is 2. The fourth-order valence-electron chi connectivity index (χ4n) is 3.08. The lowest BCUT2D eigenvalue weighted by Gasteiger charge is -2.12. The van der Waals surface area contributed by atoms with Crippen LogP contribution in [-0.2, 0) is 11.0 Å². The van der Waals surface area contributed by atoms with Crippen molar-refractivity contribution >= 4 is 35.6 Å². The Hall–Kier alpha value is -2.58. The van der Waals surface area contributed by atoms with Gasteiger partial charge >= 0.3 is 6.18 Å². The fourth-order valence-corrected chi connectivity index (χ4v) is 3.08. The zero-order chi connectivity index (χ0) is 20.1. The monoisotopic (exact) mass is 427 g/mol. The summed E-state index contributed by atoms with van der Waals surface area (Å²) in [5.41, 5.74) is -0.109. The molecule has 5 nitrogen and oxygen atoms in total. The summed E-state index contributed by atoms with van der Waals surface area (Å²) >= 11 is 0. The van der Waals surface area contributed by atoms with Crippen LogP contribution in [0.3, 0.4) is 0 Å². The maximum Gasteiger partial charge on any atom is 0.416 e. The van der Waals surface area contributed by atoms with Crippen LogP contribution in [-0.4, -0.2) is 24.4 Å². The summed E-state index contributed by atoms with van der Waals surface area (Å²) in [5.74, 6) is -0.720. The van der Waals surface area contributed by atoms with E-state index in [-0.39, 0.29) is 35.6 Å². The third kappa shape index (κ3) is 6.47. The third-order valence-electron chi connectivity index (χ3n) is 4.45. The lowest BCUT2D eigenvalue weighted by atomic mass is 10.1. The average Bonchev–Trinajstić information content (AvgIpc) is 3.14. The highest BCUT2D eigenvalue weighted by Gasteiger charge is 2.30. The zero-order valence-electron chi connectivity index (χ0n) is 15.4. The topological polar surface area (TPSA) is 70.2 Å². The molecular formula is C20H21ClF3N3O2. The summed E-state index contributed by atoms with van der Waals surface area (Å²) in [7, 11) is 0. The normalized spacial score (nSPS) is 16.0. The summed E-state index contributed by atoms with van der Waals surface area (Å²) < 4.78 is 38.4. The van der Waals surface area contributed by atoms with Crippen LogP contribution in [0.25, 0.3) is 0 Å². The second kappa shape index (κ2) is 9.76. The molecule has 0 saturated carbocycles. The number of hydrogen-bond acceptors (Lipinski definition) is 3. The summed E-state index contributed by atoms with van der Waals surface area (Å²) in [4.78, 5) is 24.5. The molecule has 9 heteroatoms. The van der Waals surface area contributed by atoms with Gasteiger partial charge in [0, 0.05) is 29.4 Å². The minimum atomic E-state index is -4.49. The van der Waals surface area contributed by atoms with Crippen molar-refractivity contribution in [2.75, 3.05) is 17.2 Å². The lowest BCUT2D eigenvalue weighted by molar-refractivity contribution is -0.137. The number of benzene rings is 2. The van der Waals surface area contributed by atoms with Gasteiger partial charge in [-0.05, 0) is 55.8 Å². The fraction of sp³-hybridized carbons (Fsp3) is 0.300. The average molecular weight is 428 g/mol. The standard InChI is InChI=1S/C20H20F3N3O2.ClH/c21-20(22,23)14-5-2-7-17(11-14)26-19(28)13-4-1-6-16(10-13)25-18(27)12-15-8-3-9-24-15;/h1-2,4-7,10-11,15,24H,3,8-9,12H2,(H,25,27)(H,26,28);1H. The van der Waals surface area contributed by atoms with E-state index < -0.39 is 17.6 Å². The minimum absolute atomic E-state index is 0. The Kier molecular flexibility index (Phi) is 7.64. The number of carbonyl (C=O) groups is 2. The number of alkyl halides is 3. The van der Waals surface area contributed by atoms with Crippen molar-refractivity contribution in [2.45, 2.75) is 31.5 Å². The molecule has 3 rings (SSSR count). The van der Waals surface area contributed by atoms with Crippen molar-refractivity contribution in [3.63, 3.8) is 0 Å². The van der Waals surface area contributed by atoms with Crippen LogP contribution >= 0.6 is 12.4 Å². The number of amides is 2. The molecule has 1 saturated heterocycles. The number of rotatable bonds is 5. The van der Waals surface area contributed by atoms with Gasteiger partial charge in [-0.3, -0.25) is 9.59 Å². The van der Waals surface area contributed by atoms with Gasteiger partial charge in [0.2, 0.25) is 5.91 Å². The van der Waals surface area contributed by atoms with E-state index in [2.05, 4.69) is 16.0 Å². The van der Waals surface area contributed by atoms with E-state index in [1.165, 1.54) is 24.3 Å². The first-order chi connectivity index (χ1) is 13.3. The van der Waals surface area contributed by atoms with Crippen LogP contribution in [0.4, 0.5) is 24.5 Å². The van der Waals surface area contributed by atoms with E-state index in [9.17, 15) is 22.8 Å². The molecule has 0 spiro atoms. The van der Waals surface area contributed by atoms with Crippen LogP contribution in [0, 0.1) is 0 Å². The molecule has 2 aromatic carbocycles. The third-order valence-corrected chi connectivity index (χ3v) is 4.45. The van der Waals surface area contributed by atoms with E-state index in [0.29, 0.717) is 12.1 Å². The lowest BCUT2D eigenvalue weighted by Crippen LogP contribution is -2.27. The molecule has 1 aliphatic heterocycles. The molecule has 1 aliphatic rings. The predicted molar refractivity (Wildman–Crippen MR) is 107 cm³/mol. The van der Waals surface area contributed by atoms with E-state index in [1.807, 2.05) is 0 Å². The molecule has 1 fully saturated rings. The number of carbonyl (C=O) groups excluding carboxylic acids is 2. The zero-order valence-corrected chi connectivity index (χ0v) is 16.2. The maximum atomic E-state index is 12.8. The summed E-state index contributed by atoms with van der Waals surface area (Å²) in [6.45, 7) is 0.906. The molecule has 1 atom stereocenters. The number of hydrogen-bond donors (Lipinski definition) is 3. The molecule has 0 bridgehead atoms. The number of halogens is 4. The van der Waals surface area contributed by atoms with Gasteiger partial charge in [0.25, 0.3) is 5.91 Å². The van der Waals surface area contributed by atoms with Gasteiger partial charge in [-0.1, -0.05) is 12.1 Å². The van der Waals surface area contributed by atoms with Gasteiger partial charge in [0.15, 0.2) is 0 Å². The molecule has 156 valence electrons. The smallest absolute Gasteiger partial charge is 0.326 e. The molecule has 0 radical (unpaired) electrons. The first-order valence-corrected chi connectivity index (χ1v) is 8.93. The molecule has 2 amide bonds. The molecule has 0 aliphatic carbocycles. The van der Waals surface area contributed by atoms with Crippen molar-refractivity contribution in [1.29, 1.82) is 0 Å². The van der Waals surface area contributed by atoms with Crippen LogP contribution < -0.4 is 16.0 Å². The Morgan fingerprint density at radius 3 is 2.38 bits per heavy atom. The first-order valence-electron chi connectivity index (χ1n) is 8.93. The summed E-state index contributed by atoms with van der Waals surface area (Å²) in [6, 6.07) is 10.8. The first kappa shape index (κ1) is 22.7. The van der Waals surface area contributed by atoms with Crippen molar-refractivity contribution in [2.24, 2.45) is 0 Å². The van der Waals surface area contributed by atoms with Crippen molar-refractivity contribution < 1.29 is 22.8 Å². The van der Waals surface area contributed by atoms with Gasteiger partial charge < -0.3 is 16.0 Å². The summed E-state index contributed by atoms with van der Waals surface area (Å²) in [6.07, 6.45) is -2.14. The van der Waals surface area contributed by atoms with E-state index in [4.69, 9.17) is 0 Å². The Morgan fingerprint density at radius 2 is 1.72 bits per heavy atom. The van der Waals surface area contributed by atoms with Crippen LogP contribution in [0.2, 0.25) is 0 Å². The van der Waals surface area contributed by atoms with E-state index in [0.717, 1.165) is 31.5 Å². The SMILES string of the molecule is Cl.O=C(CC1CCCN1)Nc1cccc(C(=O)Nc2cccc(C(F)(F)F)c2)c1. The van der Waals surface area contributed by atoms with Crippen molar-refractivity contribution in [3.8, 4) is 0 Å². The molecular weight excluding hydrogens is 407 g/mol. The Bertz CT molecular complexity index is 868. The minimum Gasteiger partial charge on any atom is -0.326 e. The van der Waals surface area contributed by atoms with Crippen molar-refractivity contribution in [3.05, 3.63) is 59.7 Å². The highest BCUT2D eigenvalue weighted by molar-refractivity contribution is 6.05. The predicted octanol–water partition coefficient (Wildman–Crippen LogP) is 4.46. The molecule has 1 unspecified atom stereocenters. The van der Waals surface area contributed by atoms with Gasteiger partial charge in [0.1, 0.15) is 0 Å². The Balaban J connectivity index is 0.00000300. The maximum absolute atomic E-state index is 12.8. The Labute approximate surface area is 172 Å². The van der Waals surface area contributed by atoms with E-state index >= 15 is 0 Å². The van der Waals surface area contributed by atoms with Crippen LogP contribution in [0.1, 0.15) is 35.2 Å². The van der Waals surface area contributed by atoms with Crippen molar-refractivity contribution in [1.82, 2.24) is 5.32 Å². The molecule has 29 heavy (non-hydrogen) atoms. The van der Waals surface area contributed by atoms with E-state index in [1.54, 1.807) is 12.1 Å². The largest absolute Gasteiger partial charge is 0.416 e. The van der Waals surface area contributed by atoms with Gasteiger partial charge in [-0.15, -0.1) is 12.4 Å². The van der Waals surface area contributed by atoms with Gasteiger partial charge in [0.05, 0.1) is 5.56 Å². The number of nitrogens with one attached hydrogen (secondary N) is 3. The van der Waals surface area contributed by atoms with Crippen LogP contribution in [0.5, 0.6) is 0 Å². The van der Waals surface area contributed by atoms with Crippen LogP contribution in [0.15, 0.2) is 48.5 Å². The summed E-state index contributed by atoms with van der Waals surface area (Å²) in [5, 5.41) is 8.44. The van der Waals surface area contributed by atoms with Gasteiger partial charge in [-0.25, -0.2) is 0 Å². The molecule has 2 aromatic rings. The molecule has 3 N–H and O–H groups in total. The highest BCUT2D eigenvalue weighted by Crippen LogP contribution is 2.30. The second-order valence-corrected chi connectivity index (χ2v) is 6.66.